The van der Waals surface area contributed by atoms with Gasteiger partial charge >= 0.3 is 5.97 Å². The predicted molar refractivity (Wildman–Crippen MR) is 90.4 cm³/mol. The first kappa shape index (κ1) is 16.7. The first-order valence-electron chi connectivity index (χ1n) is 7.53. The van der Waals surface area contributed by atoms with Gasteiger partial charge in [-0.3, -0.25) is 9.59 Å². The summed E-state index contributed by atoms with van der Waals surface area (Å²) < 4.78 is 5.04. The minimum absolute atomic E-state index is 0.165. The van der Waals surface area contributed by atoms with E-state index in [-0.39, 0.29) is 18.9 Å². The molecule has 120 valence electrons. The summed E-state index contributed by atoms with van der Waals surface area (Å²) in [6, 6.07) is 13.3. The van der Waals surface area contributed by atoms with Gasteiger partial charge in [0, 0.05) is 5.69 Å². The molecule has 0 aliphatic carbocycles. The number of para-hydroxylation sites is 1. The summed E-state index contributed by atoms with van der Waals surface area (Å²) in [4.78, 5) is 23.7. The number of benzene rings is 2. The maximum atomic E-state index is 11.8. The predicted octanol–water partition coefficient (Wildman–Crippen LogP) is 3.34. The molecule has 0 saturated heterocycles. The second kappa shape index (κ2) is 7.58. The van der Waals surface area contributed by atoms with E-state index in [0.717, 1.165) is 22.4 Å². The van der Waals surface area contributed by atoms with E-state index >= 15 is 0 Å². The molecule has 0 saturated carbocycles. The van der Waals surface area contributed by atoms with Crippen molar-refractivity contribution in [3.8, 4) is 0 Å². The fourth-order valence-corrected chi connectivity index (χ4v) is 2.18. The summed E-state index contributed by atoms with van der Waals surface area (Å²) >= 11 is 0. The van der Waals surface area contributed by atoms with Crippen LogP contribution in [0.25, 0.3) is 0 Å². The topological polar surface area (TPSA) is 55.4 Å². The maximum absolute atomic E-state index is 11.8. The van der Waals surface area contributed by atoms with Gasteiger partial charge < -0.3 is 10.1 Å². The molecule has 4 nitrogen and oxygen atoms in total. The van der Waals surface area contributed by atoms with Gasteiger partial charge in [0.25, 0.3) is 5.91 Å². The van der Waals surface area contributed by atoms with Crippen molar-refractivity contribution in [2.45, 2.75) is 27.2 Å². The van der Waals surface area contributed by atoms with Crippen LogP contribution in [-0.2, 0) is 20.7 Å². The molecule has 0 bridgehead atoms. The van der Waals surface area contributed by atoms with Crippen LogP contribution in [0.15, 0.2) is 42.5 Å². The summed E-state index contributed by atoms with van der Waals surface area (Å²) in [6.45, 7) is 5.65. The van der Waals surface area contributed by atoms with Crippen LogP contribution >= 0.6 is 0 Å². The molecule has 0 aromatic heterocycles. The second-order valence-electron chi connectivity index (χ2n) is 5.62. The average Bonchev–Trinajstić information content (AvgIpc) is 2.51. The van der Waals surface area contributed by atoms with Crippen molar-refractivity contribution in [3.63, 3.8) is 0 Å². The standard InChI is InChI=1S/C19H21NO3/c1-13-8-9-16(10-15(13)3)11-19(22)23-12-18(21)20-17-7-5-4-6-14(17)2/h4-10H,11-12H2,1-3H3,(H,20,21). The van der Waals surface area contributed by atoms with Gasteiger partial charge in [0.1, 0.15) is 0 Å². The van der Waals surface area contributed by atoms with E-state index in [1.807, 2.05) is 63.2 Å². The molecule has 2 aromatic rings. The van der Waals surface area contributed by atoms with Crippen LogP contribution in [0.3, 0.4) is 0 Å². The third-order valence-corrected chi connectivity index (χ3v) is 3.70. The third-order valence-electron chi connectivity index (χ3n) is 3.70. The molecule has 0 fully saturated rings. The number of carbonyl (C=O) groups is 2. The van der Waals surface area contributed by atoms with Crippen LogP contribution < -0.4 is 5.32 Å². The van der Waals surface area contributed by atoms with Crippen molar-refractivity contribution < 1.29 is 14.3 Å². The number of amides is 1. The lowest BCUT2D eigenvalue weighted by Gasteiger charge is -2.09. The van der Waals surface area contributed by atoms with E-state index in [2.05, 4.69) is 5.32 Å². The van der Waals surface area contributed by atoms with Crippen molar-refractivity contribution in [3.05, 3.63) is 64.7 Å². The van der Waals surface area contributed by atoms with Crippen LogP contribution in [0, 0.1) is 20.8 Å². The lowest BCUT2D eigenvalue weighted by atomic mass is 10.0. The van der Waals surface area contributed by atoms with E-state index in [9.17, 15) is 9.59 Å². The minimum Gasteiger partial charge on any atom is -0.455 e. The Morgan fingerprint density at radius 1 is 0.957 bits per heavy atom. The quantitative estimate of drug-likeness (QED) is 0.862. The Balaban J connectivity index is 1.83. The lowest BCUT2D eigenvalue weighted by Crippen LogP contribution is -2.22. The van der Waals surface area contributed by atoms with Crippen LogP contribution in [0.2, 0.25) is 0 Å². The minimum atomic E-state index is -0.409. The fraction of sp³-hybridized carbons (Fsp3) is 0.263. The van der Waals surface area contributed by atoms with Gasteiger partial charge in [0.2, 0.25) is 0 Å². The van der Waals surface area contributed by atoms with Crippen LogP contribution in [0.4, 0.5) is 5.69 Å². The van der Waals surface area contributed by atoms with E-state index < -0.39 is 5.97 Å². The smallest absolute Gasteiger partial charge is 0.310 e. The van der Waals surface area contributed by atoms with Crippen LogP contribution in [0.5, 0.6) is 0 Å². The molecule has 0 aliphatic rings. The highest BCUT2D eigenvalue weighted by molar-refractivity contribution is 5.93. The molecule has 0 aliphatic heterocycles. The number of ether oxygens (including phenoxy) is 1. The van der Waals surface area contributed by atoms with E-state index in [1.54, 1.807) is 0 Å². The van der Waals surface area contributed by atoms with Crippen LogP contribution in [0.1, 0.15) is 22.3 Å². The highest BCUT2D eigenvalue weighted by atomic mass is 16.5. The van der Waals surface area contributed by atoms with Crippen LogP contribution in [-0.4, -0.2) is 18.5 Å². The molecule has 4 heteroatoms. The van der Waals surface area contributed by atoms with Gasteiger partial charge in [0.05, 0.1) is 6.42 Å². The number of rotatable bonds is 5. The van der Waals surface area contributed by atoms with Crippen molar-refractivity contribution in [1.82, 2.24) is 0 Å². The third kappa shape index (κ3) is 4.95. The Morgan fingerprint density at radius 3 is 2.39 bits per heavy atom. The number of esters is 1. The van der Waals surface area contributed by atoms with E-state index in [4.69, 9.17) is 4.74 Å². The monoisotopic (exact) mass is 311 g/mol. The number of aryl methyl sites for hydroxylation is 3. The average molecular weight is 311 g/mol. The summed E-state index contributed by atoms with van der Waals surface area (Å²) in [5, 5.41) is 2.73. The first-order chi connectivity index (χ1) is 11.0. The Bertz CT molecular complexity index is 722. The van der Waals surface area contributed by atoms with Gasteiger partial charge in [0.15, 0.2) is 6.61 Å². The highest BCUT2D eigenvalue weighted by Gasteiger charge is 2.10. The molecule has 23 heavy (non-hydrogen) atoms. The zero-order valence-corrected chi connectivity index (χ0v) is 13.7. The van der Waals surface area contributed by atoms with Crippen molar-refractivity contribution in [2.75, 3.05) is 11.9 Å². The van der Waals surface area contributed by atoms with Gasteiger partial charge in [-0.2, -0.15) is 0 Å². The zero-order chi connectivity index (χ0) is 16.8. The molecular weight excluding hydrogens is 290 g/mol. The highest BCUT2D eigenvalue weighted by Crippen LogP contribution is 2.13. The Kier molecular flexibility index (Phi) is 5.52. The SMILES string of the molecule is Cc1ccc(CC(=O)OCC(=O)Nc2ccccc2C)cc1C. The van der Waals surface area contributed by atoms with Gasteiger partial charge in [-0.25, -0.2) is 0 Å². The molecule has 2 rings (SSSR count). The number of hydrogen-bond donors (Lipinski definition) is 1. The Morgan fingerprint density at radius 2 is 1.70 bits per heavy atom. The maximum Gasteiger partial charge on any atom is 0.310 e. The summed E-state index contributed by atoms with van der Waals surface area (Å²) in [5.74, 6) is -0.749. The lowest BCUT2D eigenvalue weighted by molar-refractivity contribution is -0.146. The largest absolute Gasteiger partial charge is 0.455 e. The second-order valence-corrected chi connectivity index (χ2v) is 5.62. The molecule has 0 radical (unpaired) electrons. The van der Waals surface area contributed by atoms with Crippen molar-refractivity contribution >= 4 is 17.6 Å². The molecule has 0 heterocycles. The number of hydrogen-bond acceptors (Lipinski definition) is 3. The first-order valence-corrected chi connectivity index (χ1v) is 7.53. The zero-order valence-electron chi connectivity index (χ0n) is 13.7. The van der Waals surface area contributed by atoms with Gasteiger partial charge in [-0.1, -0.05) is 36.4 Å². The Hall–Kier alpha value is -2.62. The Labute approximate surface area is 136 Å². The van der Waals surface area contributed by atoms with Gasteiger partial charge in [-0.05, 0) is 49.1 Å². The van der Waals surface area contributed by atoms with E-state index in [1.165, 1.54) is 5.56 Å². The fourth-order valence-electron chi connectivity index (χ4n) is 2.18. The summed E-state index contributed by atoms with van der Waals surface area (Å²) in [6.07, 6.45) is 0.165. The van der Waals surface area contributed by atoms with Gasteiger partial charge in [-0.15, -0.1) is 0 Å². The molecule has 1 amide bonds. The normalized spacial score (nSPS) is 10.2. The molecule has 0 spiro atoms. The molecule has 0 atom stereocenters. The number of carbonyl (C=O) groups excluding carboxylic acids is 2. The molecular formula is C19H21NO3. The molecule has 0 unspecified atom stereocenters. The molecule has 1 N–H and O–H groups in total. The van der Waals surface area contributed by atoms with Crippen molar-refractivity contribution in [1.29, 1.82) is 0 Å². The number of anilines is 1. The van der Waals surface area contributed by atoms with Crippen molar-refractivity contribution in [2.24, 2.45) is 0 Å². The summed E-state index contributed by atoms with van der Waals surface area (Å²) in [7, 11) is 0. The molecule has 2 aromatic carbocycles. The van der Waals surface area contributed by atoms with E-state index in [0.29, 0.717) is 0 Å². The summed E-state index contributed by atoms with van der Waals surface area (Å²) in [5.41, 5.74) is 4.88. The number of nitrogens with one attached hydrogen (secondary N) is 1.